The summed E-state index contributed by atoms with van der Waals surface area (Å²) in [5.74, 6) is 0. The van der Waals surface area contributed by atoms with E-state index in [2.05, 4.69) is 46.8 Å². The van der Waals surface area contributed by atoms with Crippen LogP contribution in [0.4, 0.5) is 5.69 Å². The number of nitrogens with zero attached hydrogens (tertiary/aromatic N) is 2. The maximum atomic E-state index is 11.1. The molecule has 0 fully saturated rings. The summed E-state index contributed by atoms with van der Waals surface area (Å²) in [6, 6.07) is 12.9. The molecule has 140 valence electrons. The standard InChI is InChI=1S/C20H18N2O2.C3H8/c1-13-12-14(2)18-11-10-17(21-20(18)15(13)3)9-8-16-6-4-5-7-19(16)22(23)24;1-3-2/h4-12H,1-3H3;3H2,1-2H3/b9-8+;. The van der Waals surface area contributed by atoms with E-state index in [1.54, 1.807) is 24.3 Å². The van der Waals surface area contributed by atoms with Crippen LogP contribution >= 0.6 is 0 Å². The summed E-state index contributed by atoms with van der Waals surface area (Å²) >= 11 is 0. The van der Waals surface area contributed by atoms with E-state index in [1.807, 2.05) is 12.1 Å². The van der Waals surface area contributed by atoms with Crippen LogP contribution in [-0.2, 0) is 0 Å². The van der Waals surface area contributed by atoms with Crippen LogP contribution in [0.1, 0.15) is 48.2 Å². The number of nitro groups is 1. The molecular formula is C23H26N2O2. The van der Waals surface area contributed by atoms with Gasteiger partial charge in [0.25, 0.3) is 5.69 Å². The fourth-order valence-corrected chi connectivity index (χ4v) is 2.84. The Morgan fingerprint density at radius 2 is 1.67 bits per heavy atom. The van der Waals surface area contributed by atoms with E-state index in [1.165, 1.54) is 23.6 Å². The number of pyridine rings is 1. The maximum absolute atomic E-state index is 11.1. The van der Waals surface area contributed by atoms with E-state index in [-0.39, 0.29) is 10.6 Å². The third-order valence-electron chi connectivity index (χ3n) is 4.29. The van der Waals surface area contributed by atoms with Gasteiger partial charge >= 0.3 is 0 Å². The lowest BCUT2D eigenvalue weighted by Gasteiger charge is -2.09. The summed E-state index contributed by atoms with van der Waals surface area (Å²) in [4.78, 5) is 15.4. The zero-order valence-corrected chi connectivity index (χ0v) is 16.6. The summed E-state index contributed by atoms with van der Waals surface area (Å²) < 4.78 is 0. The van der Waals surface area contributed by atoms with Crippen molar-refractivity contribution >= 4 is 28.7 Å². The highest BCUT2D eigenvalue weighted by molar-refractivity contribution is 5.87. The molecule has 0 aliphatic carbocycles. The minimum Gasteiger partial charge on any atom is -0.258 e. The first kappa shape index (κ1) is 20.3. The van der Waals surface area contributed by atoms with Crippen molar-refractivity contribution in [2.75, 3.05) is 0 Å². The van der Waals surface area contributed by atoms with E-state index >= 15 is 0 Å². The van der Waals surface area contributed by atoms with Crippen LogP contribution in [0.5, 0.6) is 0 Å². The fraction of sp³-hybridized carbons (Fsp3) is 0.261. The van der Waals surface area contributed by atoms with Gasteiger partial charge in [0.15, 0.2) is 0 Å². The van der Waals surface area contributed by atoms with Crippen LogP contribution in [0.2, 0.25) is 0 Å². The molecule has 27 heavy (non-hydrogen) atoms. The molecule has 0 amide bonds. The molecule has 1 aromatic heterocycles. The molecule has 0 saturated heterocycles. The third-order valence-corrected chi connectivity index (χ3v) is 4.29. The Kier molecular flexibility index (Phi) is 6.83. The average Bonchev–Trinajstić information content (AvgIpc) is 2.65. The SMILES string of the molecule is CCC.Cc1cc(C)c2ccc(/C=C/c3ccccc3[N+](=O)[O-])nc2c1C. The first-order valence-corrected chi connectivity index (χ1v) is 9.18. The van der Waals surface area contributed by atoms with Crippen LogP contribution in [0.3, 0.4) is 0 Å². The molecule has 0 unspecified atom stereocenters. The highest BCUT2D eigenvalue weighted by Crippen LogP contribution is 2.25. The van der Waals surface area contributed by atoms with Gasteiger partial charge in [-0.3, -0.25) is 10.1 Å². The Hall–Kier alpha value is -3.01. The molecule has 0 spiro atoms. The normalized spacial score (nSPS) is 10.7. The van der Waals surface area contributed by atoms with Gasteiger partial charge in [0, 0.05) is 11.5 Å². The van der Waals surface area contributed by atoms with Crippen molar-refractivity contribution in [3.05, 3.63) is 80.5 Å². The second-order valence-corrected chi connectivity index (χ2v) is 6.62. The molecule has 0 bridgehead atoms. The van der Waals surface area contributed by atoms with Crippen LogP contribution in [0.15, 0.2) is 42.5 Å². The average molecular weight is 362 g/mol. The first-order valence-electron chi connectivity index (χ1n) is 9.18. The van der Waals surface area contributed by atoms with Crippen LogP contribution < -0.4 is 0 Å². The number of hydrogen-bond donors (Lipinski definition) is 0. The number of hydrogen-bond acceptors (Lipinski definition) is 3. The number of aromatic nitrogens is 1. The van der Waals surface area contributed by atoms with E-state index in [9.17, 15) is 10.1 Å². The topological polar surface area (TPSA) is 56.0 Å². The Morgan fingerprint density at radius 1 is 1.00 bits per heavy atom. The van der Waals surface area contributed by atoms with Gasteiger partial charge in [0.1, 0.15) is 0 Å². The number of aryl methyl sites for hydroxylation is 3. The molecule has 3 aromatic rings. The summed E-state index contributed by atoms with van der Waals surface area (Å²) in [5.41, 5.74) is 6.02. The maximum Gasteiger partial charge on any atom is 0.276 e. The number of rotatable bonds is 3. The number of nitro benzene ring substituents is 1. The Morgan fingerprint density at radius 3 is 2.33 bits per heavy atom. The van der Waals surface area contributed by atoms with Crippen molar-refractivity contribution in [1.82, 2.24) is 4.98 Å². The monoisotopic (exact) mass is 362 g/mol. The van der Waals surface area contributed by atoms with Crippen molar-refractivity contribution in [1.29, 1.82) is 0 Å². The van der Waals surface area contributed by atoms with Crippen LogP contribution in [0.25, 0.3) is 23.1 Å². The van der Waals surface area contributed by atoms with Gasteiger partial charge in [-0.1, -0.05) is 44.5 Å². The van der Waals surface area contributed by atoms with E-state index in [0.717, 1.165) is 22.2 Å². The third kappa shape index (κ3) is 4.79. The smallest absolute Gasteiger partial charge is 0.258 e. The molecule has 0 saturated carbocycles. The fourth-order valence-electron chi connectivity index (χ4n) is 2.84. The molecule has 4 nitrogen and oxygen atoms in total. The molecule has 0 aliphatic heterocycles. The highest BCUT2D eigenvalue weighted by Gasteiger charge is 2.10. The Balaban J connectivity index is 0.000000817. The minimum absolute atomic E-state index is 0.0948. The molecule has 0 aliphatic rings. The van der Waals surface area contributed by atoms with E-state index in [0.29, 0.717) is 5.56 Å². The van der Waals surface area contributed by atoms with Gasteiger partial charge in [-0.05, 0) is 61.7 Å². The molecule has 0 atom stereocenters. The summed E-state index contributed by atoms with van der Waals surface area (Å²) in [5, 5.41) is 12.2. The Bertz CT molecular complexity index is 991. The van der Waals surface area contributed by atoms with Crippen molar-refractivity contribution in [3.8, 4) is 0 Å². The van der Waals surface area contributed by atoms with Crippen molar-refractivity contribution in [2.24, 2.45) is 0 Å². The van der Waals surface area contributed by atoms with Gasteiger partial charge < -0.3 is 0 Å². The van der Waals surface area contributed by atoms with Crippen molar-refractivity contribution < 1.29 is 4.92 Å². The molecule has 1 heterocycles. The van der Waals surface area contributed by atoms with Gasteiger partial charge in [-0.15, -0.1) is 0 Å². The Labute approximate surface area is 160 Å². The van der Waals surface area contributed by atoms with E-state index < -0.39 is 0 Å². The molecule has 4 heteroatoms. The van der Waals surface area contributed by atoms with Crippen LogP contribution in [-0.4, -0.2) is 9.91 Å². The molecular weight excluding hydrogens is 336 g/mol. The van der Waals surface area contributed by atoms with Gasteiger partial charge in [-0.2, -0.15) is 0 Å². The van der Waals surface area contributed by atoms with Crippen molar-refractivity contribution in [2.45, 2.75) is 41.0 Å². The molecule has 3 rings (SSSR count). The first-order chi connectivity index (χ1) is 12.9. The zero-order valence-electron chi connectivity index (χ0n) is 16.6. The lowest BCUT2D eigenvalue weighted by molar-refractivity contribution is -0.385. The van der Waals surface area contributed by atoms with E-state index in [4.69, 9.17) is 4.98 Å². The van der Waals surface area contributed by atoms with Crippen LogP contribution in [0, 0.1) is 30.9 Å². The lowest BCUT2D eigenvalue weighted by Crippen LogP contribution is -1.93. The predicted molar refractivity (Wildman–Crippen MR) is 114 cm³/mol. The lowest BCUT2D eigenvalue weighted by atomic mass is 10.0. The summed E-state index contributed by atoms with van der Waals surface area (Å²) in [6.45, 7) is 10.5. The number of para-hydroxylation sites is 1. The molecule has 0 N–H and O–H groups in total. The van der Waals surface area contributed by atoms with Gasteiger partial charge in [0.2, 0.25) is 0 Å². The summed E-state index contributed by atoms with van der Waals surface area (Å²) in [7, 11) is 0. The largest absolute Gasteiger partial charge is 0.276 e. The predicted octanol–water partition coefficient (Wildman–Crippen LogP) is 6.65. The number of benzene rings is 2. The summed E-state index contributed by atoms with van der Waals surface area (Å²) in [6.07, 6.45) is 4.81. The van der Waals surface area contributed by atoms with Gasteiger partial charge in [0.05, 0.1) is 21.7 Å². The highest BCUT2D eigenvalue weighted by atomic mass is 16.6. The van der Waals surface area contributed by atoms with Gasteiger partial charge in [-0.25, -0.2) is 4.98 Å². The zero-order chi connectivity index (χ0) is 20.0. The number of fused-ring (bicyclic) bond motifs is 1. The quantitative estimate of drug-likeness (QED) is 0.387. The molecule has 0 radical (unpaired) electrons. The molecule has 2 aromatic carbocycles. The second-order valence-electron chi connectivity index (χ2n) is 6.62. The second kappa shape index (κ2) is 9.08. The van der Waals surface area contributed by atoms with Crippen molar-refractivity contribution in [3.63, 3.8) is 0 Å². The minimum atomic E-state index is -0.371.